The summed E-state index contributed by atoms with van der Waals surface area (Å²) in [5.74, 6) is -0.431. The molecule has 1 amide bonds. The van der Waals surface area contributed by atoms with Gasteiger partial charge in [-0.25, -0.2) is 4.98 Å². The maximum atomic E-state index is 12.5. The third-order valence-corrected chi connectivity index (χ3v) is 4.60. The number of benzene rings is 1. The lowest BCUT2D eigenvalue weighted by molar-refractivity contribution is 0.0529. The molecule has 120 valence electrons. The molecule has 23 heavy (non-hydrogen) atoms. The Labute approximate surface area is 136 Å². The van der Waals surface area contributed by atoms with Crippen LogP contribution in [-0.4, -0.2) is 39.5 Å². The Bertz CT molecular complexity index is 684. The molecule has 1 fully saturated rings. The average molecular weight is 311 g/mol. The van der Waals surface area contributed by atoms with E-state index in [-0.39, 0.29) is 22.9 Å². The normalized spacial score (nSPS) is 15.7. The van der Waals surface area contributed by atoms with Crippen molar-refractivity contribution in [1.82, 2.24) is 14.9 Å². The van der Waals surface area contributed by atoms with Crippen LogP contribution in [0.5, 0.6) is 5.88 Å². The molecular formula is C18H21N3O2. The van der Waals surface area contributed by atoms with Crippen LogP contribution in [0.15, 0.2) is 42.7 Å². The van der Waals surface area contributed by atoms with Crippen LogP contribution < -0.4 is 0 Å². The zero-order valence-electron chi connectivity index (χ0n) is 13.3. The second-order valence-corrected chi connectivity index (χ2v) is 6.44. The first-order valence-electron chi connectivity index (χ1n) is 7.88. The summed E-state index contributed by atoms with van der Waals surface area (Å²) in [6.45, 7) is 0.693. The number of hydrogen-bond donors (Lipinski definition) is 1. The standard InChI is InChI=1S/C18H21N3O2/c1-21(17(23)15-11-19-12-16(22)20-15)13-18(8-5-9-18)10-14-6-3-2-4-7-14/h2-4,6-7,11-12H,5,8-10,13H2,1H3,(H,20,22). The minimum Gasteiger partial charge on any atom is -0.492 e. The molecule has 0 saturated heterocycles. The Morgan fingerprint density at radius 3 is 2.61 bits per heavy atom. The summed E-state index contributed by atoms with van der Waals surface area (Å²) in [6.07, 6.45) is 7.07. The Morgan fingerprint density at radius 1 is 1.26 bits per heavy atom. The molecule has 2 aromatic rings. The highest BCUT2D eigenvalue weighted by molar-refractivity contribution is 5.91. The molecule has 5 heteroatoms. The van der Waals surface area contributed by atoms with E-state index < -0.39 is 0 Å². The largest absolute Gasteiger partial charge is 0.492 e. The van der Waals surface area contributed by atoms with Gasteiger partial charge in [0.05, 0.1) is 12.4 Å². The molecule has 0 radical (unpaired) electrons. The van der Waals surface area contributed by atoms with Gasteiger partial charge in [0.25, 0.3) is 5.91 Å². The quantitative estimate of drug-likeness (QED) is 0.922. The Balaban J connectivity index is 1.70. The van der Waals surface area contributed by atoms with E-state index in [4.69, 9.17) is 0 Å². The summed E-state index contributed by atoms with van der Waals surface area (Å²) in [4.78, 5) is 21.9. The van der Waals surface area contributed by atoms with Crippen molar-refractivity contribution >= 4 is 5.91 Å². The molecule has 1 saturated carbocycles. The van der Waals surface area contributed by atoms with Crippen LogP contribution in [0.1, 0.15) is 35.3 Å². The molecule has 1 N–H and O–H groups in total. The summed E-state index contributed by atoms with van der Waals surface area (Å²) < 4.78 is 0. The van der Waals surface area contributed by atoms with Crippen LogP contribution in [-0.2, 0) is 6.42 Å². The molecule has 3 rings (SSSR count). The van der Waals surface area contributed by atoms with E-state index in [1.807, 2.05) is 6.07 Å². The van der Waals surface area contributed by atoms with E-state index >= 15 is 0 Å². The van der Waals surface area contributed by atoms with Gasteiger partial charge in [-0.05, 0) is 30.2 Å². The molecule has 0 bridgehead atoms. The van der Waals surface area contributed by atoms with Crippen molar-refractivity contribution in [2.45, 2.75) is 25.7 Å². The van der Waals surface area contributed by atoms with Gasteiger partial charge < -0.3 is 10.0 Å². The number of carbonyl (C=O) groups is 1. The smallest absolute Gasteiger partial charge is 0.273 e. The van der Waals surface area contributed by atoms with Crippen LogP contribution in [0.25, 0.3) is 0 Å². The average Bonchev–Trinajstić information content (AvgIpc) is 2.53. The number of hydrogen-bond acceptors (Lipinski definition) is 4. The Hall–Kier alpha value is -2.43. The first-order chi connectivity index (χ1) is 11.1. The fourth-order valence-corrected chi connectivity index (χ4v) is 3.33. The maximum Gasteiger partial charge on any atom is 0.273 e. The van der Waals surface area contributed by atoms with Crippen LogP contribution >= 0.6 is 0 Å². The molecule has 5 nitrogen and oxygen atoms in total. The van der Waals surface area contributed by atoms with Crippen LogP contribution in [0, 0.1) is 5.41 Å². The molecule has 0 atom stereocenters. The van der Waals surface area contributed by atoms with Crippen molar-refractivity contribution in [2.24, 2.45) is 5.41 Å². The lowest BCUT2D eigenvalue weighted by atomic mass is 9.65. The highest BCUT2D eigenvalue weighted by Gasteiger charge is 2.39. The van der Waals surface area contributed by atoms with Gasteiger partial charge in [-0.1, -0.05) is 36.8 Å². The molecule has 1 aliphatic rings. The van der Waals surface area contributed by atoms with Crippen molar-refractivity contribution in [3.8, 4) is 5.88 Å². The fraction of sp³-hybridized carbons (Fsp3) is 0.389. The molecule has 1 aromatic carbocycles. The molecule has 0 spiro atoms. The highest BCUT2D eigenvalue weighted by atomic mass is 16.3. The van der Waals surface area contributed by atoms with Gasteiger partial charge in [0, 0.05) is 13.6 Å². The van der Waals surface area contributed by atoms with Crippen molar-refractivity contribution in [3.63, 3.8) is 0 Å². The fourth-order valence-electron chi connectivity index (χ4n) is 3.33. The SMILES string of the molecule is CN(CC1(Cc2ccccc2)CCC1)C(=O)c1cncc(O)n1. The summed E-state index contributed by atoms with van der Waals surface area (Å²) in [5, 5.41) is 9.38. The zero-order chi connectivity index (χ0) is 16.3. The number of aromatic nitrogens is 2. The van der Waals surface area contributed by atoms with Crippen molar-refractivity contribution in [3.05, 3.63) is 54.0 Å². The molecule has 1 heterocycles. The number of carbonyl (C=O) groups excluding carboxylic acids is 1. The van der Waals surface area contributed by atoms with Crippen LogP contribution in [0.4, 0.5) is 0 Å². The lowest BCUT2D eigenvalue weighted by Crippen LogP contribution is -2.44. The van der Waals surface area contributed by atoms with Crippen molar-refractivity contribution < 1.29 is 9.90 Å². The van der Waals surface area contributed by atoms with Gasteiger partial charge in [0.1, 0.15) is 0 Å². The van der Waals surface area contributed by atoms with E-state index in [2.05, 4.69) is 34.2 Å². The lowest BCUT2D eigenvalue weighted by Gasteiger charge is -2.44. The Morgan fingerprint density at radius 2 is 2.00 bits per heavy atom. The van der Waals surface area contributed by atoms with E-state index in [1.54, 1.807) is 11.9 Å². The van der Waals surface area contributed by atoms with Gasteiger partial charge in [-0.15, -0.1) is 0 Å². The van der Waals surface area contributed by atoms with Crippen LogP contribution in [0.2, 0.25) is 0 Å². The summed E-state index contributed by atoms with van der Waals surface area (Å²) >= 11 is 0. The van der Waals surface area contributed by atoms with E-state index in [0.29, 0.717) is 6.54 Å². The maximum absolute atomic E-state index is 12.5. The second kappa shape index (κ2) is 6.36. The third kappa shape index (κ3) is 3.50. The van der Waals surface area contributed by atoms with E-state index in [1.165, 1.54) is 24.4 Å². The molecule has 1 aromatic heterocycles. The van der Waals surface area contributed by atoms with Crippen LogP contribution in [0.3, 0.4) is 0 Å². The van der Waals surface area contributed by atoms with Gasteiger partial charge in [-0.2, -0.15) is 0 Å². The first-order valence-corrected chi connectivity index (χ1v) is 7.88. The third-order valence-electron chi connectivity index (χ3n) is 4.60. The van der Waals surface area contributed by atoms with Gasteiger partial charge >= 0.3 is 0 Å². The van der Waals surface area contributed by atoms with Crippen molar-refractivity contribution in [2.75, 3.05) is 13.6 Å². The summed E-state index contributed by atoms with van der Waals surface area (Å²) in [7, 11) is 1.79. The first kappa shape index (κ1) is 15.5. The predicted octanol–water partition coefficient (Wildman–Crippen LogP) is 2.67. The Kier molecular flexibility index (Phi) is 4.28. The number of rotatable bonds is 5. The molecule has 0 unspecified atom stereocenters. The minimum absolute atomic E-state index is 0.149. The predicted molar refractivity (Wildman–Crippen MR) is 87.1 cm³/mol. The second-order valence-electron chi connectivity index (χ2n) is 6.44. The molecule has 1 aliphatic carbocycles. The monoisotopic (exact) mass is 311 g/mol. The molecular weight excluding hydrogens is 290 g/mol. The summed E-state index contributed by atoms with van der Waals surface area (Å²) in [6, 6.07) is 10.4. The highest BCUT2D eigenvalue weighted by Crippen LogP contribution is 2.44. The number of nitrogens with zero attached hydrogens (tertiary/aromatic N) is 3. The van der Waals surface area contributed by atoms with Gasteiger partial charge in [0.15, 0.2) is 5.69 Å². The van der Waals surface area contributed by atoms with E-state index in [9.17, 15) is 9.90 Å². The summed E-state index contributed by atoms with van der Waals surface area (Å²) in [5.41, 5.74) is 1.64. The number of amides is 1. The van der Waals surface area contributed by atoms with Gasteiger partial charge in [-0.3, -0.25) is 9.78 Å². The minimum atomic E-state index is -0.230. The zero-order valence-corrected chi connectivity index (χ0v) is 13.3. The van der Waals surface area contributed by atoms with Gasteiger partial charge in [0.2, 0.25) is 5.88 Å². The van der Waals surface area contributed by atoms with E-state index in [0.717, 1.165) is 19.3 Å². The van der Waals surface area contributed by atoms with Crippen molar-refractivity contribution in [1.29, 1.82) is 0 Å². The topological polar surface area (TPSA) is 66.3 Å². The molecule has 0 aliphatic heterocycles. The number of aromatic hydroxyl groups is 1.